The van der Waals surface area contributed by atoms with Gasteiger partial charge >= 0.3 is 12.0 Å². The lowest BCUT2D eigenvalue weighted by molar-refractivity contribution is -0.146. The van der Waals surface area contributed by atoms with Crippen molar-refractivity contribution in [3.63, 3.8) is 0 Å². The molecule has 1 atom stereocenters. The van der Waals surface area contributed by atoms with E-state index >= 15 is 0 Å². The Hall–Kier alpha value is -2.42. The summed E-state index contributed by atoms with van der Waals surface area (Å²) in [5, 5.41) is 15.8. The van der Waals surface area contributed by atoms with Gasteiger partial charge in [-0.25, -0.2) is 4.79 Å². The summed E-state index contributed by atoms with van der Waals surface area (Å²) < 4.78 is 0. The Morgan fingerprint density at radius 2 is 2.20 bits per heavy atom. The van der Waals surface area contributed by atoms with Gasteiger partial charge in [-0.15, -0.1) is 6.58 Å². The number of aliphatic carboxylic acids is 1. The maximum atomic E-state index is 11.6. The van der Waals surface area contributed by atoms with Crippen molar-refractivity contribution in [3.8, 4) is 0 Å². The first-order chi connectivity index (χ1) is 9.43. The van der Waals surface area contributed by atoms with Gasteiger partial charge in [0.05, 0.1) is 13.1 Å². The third-order valence-electron chi connectivity index (χ3n) is 2.57. The van der Waals surface area contributed by atoms with E-state index in [9.17, 15) is 19.2 Å². The molecule has 20 heavy (non-hydrogen) atoms. The Labute approximate surface area is 115 Å². The second-order valence-corrected chi connectivity index (χ2v) is 4.11. The summed E-state index contributed by atoms with van der Waals surface area (Å²) in [5.74, 6) is -2.20. The highest BCUT2D eigenvalue weighted by Gasteiger charge is 2.33. The Morgan fingerprint density at radius 1 is 1.50 bits per heavy atom. The zero-order valence-electron chi connectivity index (χ0n) is 10.7. The van der Waals surface area contributed by atoms with E-state index in [-0.39, 0.29) is 32.1 Å². The SMILES string of the molecule is C=CCNC(=O)NC(=O)CN1CC(=O)NCC1C(=O)O. The lowest BCUT2D eigenvalue weighted by atomic mass is 10.2. The summed E-state index contributed by atoms with van der Waals surface area (Å²) in [7, 11) is 0. The maximum absolute atomic E-state index is 11.6. The molecule has 1 unspecified atom stereocenters. The average Bonchev–Trinajstić information content (AvgIpc) is 2.35. The molecule has 0 aliphatic carbocycles. The quantitative estimate of drug-likeness (QED) is 0.427. The molecule has 1 fully saturated rings. The fourth-order valence-corrected chi connectivity index (χ4v) is 1.66. The summed E-state index contributed by atoms with van der Waals surface area (Å²) >= 11 is 0. The van der Waals surface area contributed by atoms with E-state index in [1.807, 2.05) is 5.32 Å². The van der Waals surface area contributed by atoms with Crippen LogP contribution in [0.5, 0.6) is 0 Å². The molecule has 1 heterocycles. The van der Waals surface area contributed by atoms with Crippen LogP contribution < -0.4 is 16.0 Å². The van der Waals surface area contributed by atoms with Crippen molar-refractivity contribution in [1.29, 1.82) is 0 Å². The van der Waals surface area contributed by atoms with E-state index in [4.69, 9.17) is 5.11 Å². The van der Waals surface area contributed by atoms with Crippen LogP contribution in [0.2, 0.25) is 0 Å². The summed E-state index contributed by atoms with van der Waals surface area (Å²) in [6.07, 6.45) is 1.44. The maximum Gasteiger partial charge on any atom is 0.322 e. The number of imide groups is 1. The lowest BCUT2D eigenvalue weighted by Crippen LogP contribution is -2.59. The third kappa shape index (κ3) is 4.69. The van der Waals surface area contributed by atoms with Crippen LogP contribution in [0.3, 0.4) is 0 Å². The predicted octanol–water partition coefficient (Wildman–Crippen LogP) is -2.12. The van der Waals surface area contributed by atoms with Crippen molar-refractivity contribution >= 4 is 23.8 Å². The van der Waals surface area contributed by atoms with Crippen molar-refractivity contribution in [2.45, 2.75) is 6.04 Å². The minimum absolute atomic E-state index is 0.0793. The number of carboxylic acids is 1. The molecule has 1 aliphatic rings. The molecule has 4 amide bonds. The zero-order chi connectivity index (χ0) is 15.1. The largest absolute Gasteiger partial charge is 0.480 e. The fourth-order valence-electron chi connectivity index (χ4n) is 1.66. The predicted molar refractivity (Wildman–Crippen MR) is 67.7 cm³/mol. The molecule has 1 saturated heterocycles. The first-order valence-corrected chi connectivity index (χ1v) is 5.86. The van der Waals surface area contributed by atoms with Crippen molar-refractivity contribution < 1.29 is 24.3 Å². The van der Waals surface area contributed by atoms with Crippen LogP contribution in [-0.4, -0.2) is 66.0 Å². The molecule has 0 aromatic rings. The van der Waals surface area contributed by atoms with Crippen LogP contribution in [0.15, 0.2) is 12.7 Å². The van der Waals surface area contributed by atoms with Crippen LogP contribution in [0.4, 0.5) is 4.79 Å². The second-order valence-electron chi connectivity index (χ2n) is 4.11. The normalized spacial score (nSPS) is 18.8. The van der Waals surface area contributed by atoms with E-state index in [1.165, 1.54) is 11.0 Å². The van der Waals surface area contributed by atoms with Crippen LogP contribution in [0.25, 0.3) is 0 Å². The number of amides is 4. The first kappa shape index (κ1) is 15.6. The minimum atomic E-state index is -1.14. The molecule has 9 heteroatoms. The molecule has 1 rings (SSSR count). The van der Waals surface area contributed by atoms with E-state index in [0.29, 0.717) is 0 Å². The Balaban J connectivity index is 2.53. The van der Waals surface area contributed by atoms with E-state index in [1.54, 1.807) is 0 Å². The second kappa shape index (κ2) is 7.24. The van der Waals surface area contributed by atoms with Crippen molar-refractivity contribution in [2.24, 2.45) is 0 Å². The third-order valence-corrected chi connectivity index (χ3v) is 2.57. The van der Waals surface area contributed by atoms with Crippen LogP contribution >= 0.6 is 0 Å². The fraction of sp³-hybridized carbons (Fsp3) is 0.455. The standard InChI is InChI=1S/C11H16N4O5/c1-2-3-12-11(20)14-9(17)6-15-5-8(16)13-4-7(15)10(18)19/h2,7H,1,3-6H2,(H,13,16)(H,18,19)(H2,12,14,17,20). The summed E-state index contributed by atoms with van der Waals surface area (Å²) in [6, 6.07) is -1.70. The number of carboxylic acid groups (broad SMARTS) is 1. The molecule has 0 aromatic heterocycles. The number of nitrogens with zero attached hydrogens (tertiary/aromatic N) is 1. The van der Waals surface area contributed by atoms with Crippen LogP contribution in [0.1, 0.15) is 0 Å². The molecular formula is C11H16N4O5. The average molecular weight is 284 g/mol. The highest BCUT2D eigenvalue weighted by molar-refractivity contribution is 5.96. The van der Waals surface area contributed by atoms with Crippen molar-refractivity contribution in [3.05, 3.63) is 12.7 Å². The highest BCUT2D eigenvalue weighted by atomic mass is 16.4. The van der Waals surface area contributed by atoms with Gasteiger partial charge in [0, 0.05) is 13.1 Å². The molecule has 0 bridgehead atoms. The number of hydrogen-bond acceptors (Lipinski definition) is 5. The Bertz CT molecular complexity index is 437. The molecule has 1 aliphatic heterocycles. The molecule has 9 nitrogen and oxygen atoms in total. The topological polar surface area (TPSA) is 128 Å². The van der Waals surface area contributed by atoms with Gasteiger partial charge in [0.1, 0.15) is 6.04 Å². The number of carbonyl (C=O) groups is 4. The van der Waals surface area contributed by atoms with Gasteiger partial charge in [0.25, 0.3) is 0 Å². The Kier molecular flexibility index (Phi) is 5.66. The molecule has 0 spiro atoms. The van der Waals surface area contributed by atoms with Crippen molar-refractivity contribution in [2.75, 3.05) is 26.2 Å². The van der Waals surface area contributed by atoms with Crippen LogP contribution in [-0.2, 0) is 14.4 Å². The summed E-state index contributed by atoms with van der Waals surface area (Å²) in [5.41, 5.74) is 0. The van der Waals surface area contributed by atoms with Gasteiger partial charge in [0.2, 0.25) is 11.8 Å². The molecule has 110 valence electrons. The molecule has 0 radical (unpaired) electrons. The summed E-state index contributed by atoms with van der Waals surface area (Å²) in [6.45, 7) is 2.95. The molecular weight excluding hydrogens is 268 g/mol. The van der Waals surface area contributed by atoms with Gasteiger partial charge in [-0.3, -0.25) is 24.6 Å². The van der Waals surface area contributed by atoms with Gasteiger partial charge in [-0.1, -0.05) is 6.08 Å². The first-order valence-electron chi connectivity index (χ1n) is 5.86. The highest BCUT2D eigenvalue weighted by Crippen LogP contribution is 2.03. The molecule has 0 aromatic carbocycles. The minimum Gasteiger partial charge on any atom is -0.480 e. The smallest absolute Gasteiger partial charge is 0.322 e. The molecule has 4 N–H and O–H groups in total. The van der Waals surface area contributed by atoms with Gasteiger partial charge in [-0.2, -0.15) is 0 Å². The van der Waals surface area contributed by atoms with Gasteiger partial charge in [0.15, 0.2) is 0 Å². The number of carbonyl (C=O) groups excluding carboxylic acids is 3. The monoisotopic (exact) mass is 284 g/mol. The number of urea groups is 1. The number of hydrogen-bond donors (Lipinski definition) is 4. The Morgan fingerprint density at radius 3 is 2.80 bits per heavy atom. The molecule has 0 saturated carbocycles. The van der Waals surface area contributed by atoms with E-state index < -0.39 is 23.9 Å². The number of rotatable bonds is 5. The number of nitrogens with one attached hydrogen (secondary N) is 3. The van der Waals surface area contributed by atoms with Gasteiger partial charge < -0.3 is 15.7 Å². The number of piperazine rings is 1. The van der Waals surface area contributed by atoms with E-state index in [0.717, 1.165) is 0 Å². The lowest BCUT2D eigenvalue weighted by Gasteiger charge is -2.31. The van der Waals surface area contributed by atoms with Gasteiger partial charge in [-0.05, 0) is 0 Å². The zero-order valence-corrected chi connectivity index (χ0v) is 10.7. The summed E-state index contributed by atoms with van der Waals surface area (Å²) in [4.78, 5) is 46.2. The van der Waals surface area contributed by atoms with Crippen LogP contribution in [0, 0.1) is 0 Å². The van der Waals surface area contributed by atoms with E-state index in [2.05, 4.69) is 17.2 Å². The van der Waals surface area contributed by atoms with Crippen molar-refractivity contribution in [1.82, 2.24) is 20.9 Å².